The molecule has 70 valence electrons. The van der Waals surface area contributed by atoms with Crippen LogP contribution in [-0.4, -0.2) is 12.2 Å². The van der Waals surface area contributed by atoms with E-state index in [1.54, 1.807) is 0 Å². The first-order chi connectivity index (χ1) is 5.83. The van der Waals surface area contributed by atoms with E-state index >= 15 is 0 Å². The van der Waals surface area contributed by atoms with Crippen LogP contribution in [-0.2, 0) is 4.74 Å². The third-order valence-electron chi connectivity index (χ3n) is 2.38. The van der Waals surface area contributed by atoms with Crippen molar-refractivity contribution >= 4 is 0 Å². The first-order valence-corrected chi connectivity index (χ1v) is 5.13. The molecule has 0 N–H and O–H groups in total. The molecule has 0 aliphatic carbocycles. The maximum Gasteiger partial charge on any atom is 0.0582 e. The van der Waals surface area contributed by atoms with Crippen LogP contribution >= 0.6 is 0 Å². The summed E-state index contributed by atoms with van der Waals surface area (Å²) < 4.78 is 5.71. The minimum absolute atomic E-state index is 0.505. The van der Waals surface area contributed by atoms with Gasteiger partial charge < -0.3 is 4.74 Å². The van der Waals surface area contributed by atoms with Crippen molar-refractivity contribution in [3.8, 4) is 0 Å². The van der Waals surface area contributed by atoms with E-state index in [4.69, 9.17) is 4.74 Å². The average Bonchev–Trinajstić information content (AvgIpc) is 2.45. The van der Waals surface area contributed by atoms with E-state index in [0.717, 1.165) is 6.42 Å². The summed E-state index contributed by atoms with van der Waals surface area (Å²) in [5.74, 6) is 0. The molecule has 2 atom stereocenters. The van der Waals surface area contributed by atoms with Crippen LogP contribution in [0.15, 0.2) is 12.2 Å². The van der Waals surface area contributed by atoms with Crippen LogP contribution in [0.2, 0.25) is 0 Å². The quantitative estimate of drug-likeness (QED) is 0.585. The molecule has 0 aromatic rings. The van der Waals surface area contributed by atoms with Gasteiger partial charge in [-0.15, -0.1) is 0 Å². The first-order valence-electron chi connectivity index (χ1n) is 5.13. The Morgan fingerprint density at radius 1 is 1.33 bits per heavy atom. The van der Waals surface area contributed by atoms with Crippen LogP contribution in [0.5, 0.6) is 0 Å². The van der Waals surface area contributed by atoms with Gasteiger partial charge in [0.2, 0.25) is 0 Å². The second kappa shape index (κ2) is 5.36. The van der Waals surface area contributed by atoms with Crippen molar-refractivity contribution in [1.82, 2.24) is 0 Å². The van der Waals surface area contributed by atoms with Gasteiger partial charge in [-0.2, -0.15) is 0 Å². The van der Waals surface area contributed by atoms with Crippen LogP contribution in [0.3, 0.4) is 0 Å². The lowest BCUT2D eigenvalue weighted by Gasteiger charge is -2.08. The van der Waals surface area contributed by atoms with E-state index in [1.165, 1.54) is 25.7 Å². The normalized spacial score (nSPS) is 30.2. The van der Waals surface area contributed by atoms with Crippen molar-refractivity contribution in [2.45, 2.75) is 58.2 Å². The topological polar surface area (TPSA) is 9.23 Å². The van der Waals surface area contributed by atoms with E-state index in [9.17, 15) is 0 Å². The Hall–Kier alpha value is -0.300. The van der Waals surface area contributed by atoms with Crippen LogP contribution < -0.4 is 0 Å². The molecular weight excluding hydrogens is 148 g/mol. The minimum atomic E-state index is 0.505. The summed E-state index contributed by atoms with van der Waals surface area (Å²) >= 11 is 0. The molecule has 0 bridgehead atoms. The number of allylic oxidation sites excluding steroid dienone is 2. The fourth-order valence-electron chi connectivity index (χ4n) is 1.66. The van der Waals surface area contributed by atoms with Crippen molar-refractivity contribution in [2.24, 2.45) is 0 Å². The standard InChI is InChI=1S/C11H20O/c1-3-4-5-6-7-11-9-8-10(2)12-11/h4-5,10-11H,3,6-9H2,1-2H3/b5-4+. The number of hydrogen-bond donors (Lipinski definition) is 0. The van der Waals surface area contributed by atoms with Crippen molar-refractivity contribution in [3.05, 3.63) is 12.2 Å². The largest absolute Gasteiger partial charge is 0.375 e. The summed E-state index contributed by atoms with van der Waals surface area (Å²) in [5, 5.41) is 0. The van der Waals surface area contributed by atoms with Crippen LogP contribution in [0.1, 0.15) is 46.0 Å². The predicted molar refractivity (Wildman–Crippen MR) is 52.2 cm³/mol. The third kappa shape index (κ3) is 3.40. The summed E-state index contributed by atoms with van der Waals surface area (Å²) in [5.41, 5.74) is 0. The highest BCUT2D eigenvalue weighted by Crippen LogP contribution is 2.22. The molecule has 1 saturated heterocycles. The summed E-state index contributed by atoms with van der Waals surface area (Å²) in [6, 6.07) is 0. The average molecular weight is 168 g/mol. The van der Waals surface area contributed by atoms with Crippen LogP contribution in [0.25, 0.3) is 0 Å². The Balaban J connectivity index is 2.04. The lowest BCUT2D eigenvalue weighted by molar-refractivity contribution is 0.0516. The zero-order valence-electron chi connectivity index (χ0n) is 8.25. The van der Waals surface area contributed by atoms with Gasteiger partial charge in [-0.1, -0.05) is 19.1 Å². The number of hydrogen-bond acceptors (Lipinski definition) is 1. The molecule has 2 unspecified atom stereocenters. The molecular formula is C11H20O. The van der Waals surface area contributed by atoms with Gasteiger partial charge in [-0.25, -0.2) is 0 Å². The van der Waals surface area contributed by atoms with E-state index in [2.05, 4.69) is 26.0 Å². The molecule has 0 radical (unpaired) electrons. The monoisotopic (exact) mass is 168 g/mol. The second-order valence-electron chi connectivity index (χ2n) is 3.60. The predicted octanol–water partition coefficient (Wildman–Crippen LogP) is 3.30. The van der Waals surface area contributed by atoms with Crippen molar-refractivity contribution in [2.75, 3.05) is 0 Å². The lowest BCUT2D eigenvalue weighted by atomic mass is 10.1. The van der Waals surface area contributed by atoms with Gasteiger partial charge in [0, 0.05) is 0 Å². The SMILES string of the molecule is CC/C=C/CCC1CCC(C)O1. The molecule has 0 saturated carbocycles. The van der Waals surface area contributed by atoms with E-state index in [0.29, 0.717) is 12.2 Å². The van der Waals surface area contributed by atoms with Gasteiger partial charge in [0.15, 0.2) is 0 Å². The van der Waals surface area contributed by atoms with Gasteiger partial charge in [0.25, 0.3) is 0 Å². The molecule has 1 aliphatic rings. The molecule has 1 aliphatic heterocycles. The van der Waals surface area contributed by atoms with Crippen LogP contribution in [0.4, 0.5) is 0 Å². The van der Waals surface area contributed by atoms with Crippen molar-refractivity contribution < 1.29 is 4.74 Å². The number of rotatable bonds is 4. The fraction of sp³-hybridized carbons (Fsp3) is 0.818. The van der Waals surface area contributed by atoms with Gasteiger partial charge in [0.05, 0.1) is 12.2 Å². The smallest absolute Gasteiger partial charge is 0.0582 e. The molecule has 0 amide bonds. The maximum absolute atomic E-state index is 5.71. The Morgan fingerprint density at radius 2 is 2.17 bits per heavy atom. The Bertz CT molecular complexity index is 140. The molecule has 1 heterocycles. The van der Waals surface area contributed by atoms with Crippen molar-refractivity contribution in [1.29, 1.82) is 0 Å². The molecule has 0 aromatic heterocycles. The summed E-state index contributed by atoms with van der Waals surface area (Å²) in [4.78, 5) is 0. The zero-order chi connectivity index (χ0) is 8.81. The molecule has 1 heteroatoms. The van der Waals surface area contributed by atoms with Gasteiger partial charge in [0.1, 0.15) is 0 Å². The van der Waals surface area contributed by atoms with Gasteiger partial charge >= 0.3 is 0 Å². The van der Waals surface area contributed by atoms with Crippen molar-refractivity contribution in [3.63, 3.8) is 0 Å². The summed E-state index contributed by atoms with van der Waals surface area (Å²) in [6.07, 6.45) is 11.6. The maximum atomic E-state index is 5.71. The highest BCUT2D eigenvalue weighted by atomic mass is 16.5. The highest BCUT2D eigenvalue weighted by Gasteiger charge is 2.20. The third-order valence-corrected chi connectivity index (χ3v) is 2.38. The van der Waals surface area contributed by atoms with E-state index < -0.39 is 0 Å². The van der Waals surface area contributed by atoms with Gasteiger partial charge in [-0.3, -0.25) is 0 Å². The second-order valence-corrected chi connectivity index (χ2v) is 3.60. The molecule has 1 nitrogen and oxygen atoms in total. The van der Waals surface area contributed by atoms with Gasteiger partial charge in [-0.05, 0) is 39.0 Å². The van der Waals surface area contributed by atoms with E-state index in [1.807, 2.05) is 0 Å². The first kappa shape index (κ1) is 9.79. The van der Waals surface area contributed by atoms with Crippen LogP contribution in [0, 0.1) is 0 Å². The highest BCUT2D eigenvalue weighted by molar-refractivity contribution is 4.82. The molecule has 0 spiro atoms. The fourth-order valence-corrected chi connectivity index (χ4v) is 1.66. The minimum Gasteiger partial charge on any atom is -0.375 e. The molecule has 1 rings (SSSR count). The Morgan fingerprint density at radius 3 is 2.75 bits per heavy atom. The Kier molecular flexibility index (Phi) is 4.37. The lowest BCUT2D eigenvalue weighted by Crippen LogP contribution is -2.07. The summed E-state index contributed by atoms with van der Waals surface area (Å²) in [7, 11) is 0. The summed E-state index contributed by atoms with van der Waals surface area (Å²) in [6.45, 7) is 4.34. The molecule has 1 fully saturated rings. The zero-order valence-corrected chi connectivity index (χ0v) is 8.25. The molecule has 0 aromatic carbocycles. The number of ether oxygens (including phenoxy) is 1. The van der Waals surface area contributed by atoms with E-state index in [-0.39, 0.29) is 0 Å². The molecule has 12 heavy (non-hydrogen) atoms. The Labute approximate surface area is 75.8 Å².